The van der Waals surface area contributed by atoms with E-state index in [9.17, 15) is 4.79 Å². The first kappa shape index (κ1) is 17.7. The number of nitrogens with zero attached hydrogens (tertiary/aromatic N) is 2. The highest BCUT2D eigenvalue weighted by Crippen LogP contribution is 2.24. The van der Waals surface area contributed by atoms with E-state index in [0.29, 0.717) is 23.0 Å². The first-order valence-electron chi connectivity index (χ1n) is 8.98. The Kier molecular flexibility index (Phi) is 4.72. The van der Waals surface area contributed by atoms with Crippen LogP contribution in [0.1, 0.15) is 21.5 Å². The minimum atomic E-state index is -0.134. The monoisotopic (exact) mass is 369 g/mol. The fourth-order valence-corrected chi connectivity index (χ4v) is 2.88. The Morgan fingerprint density at radius 2 is 1.54 bits per heavy atom. The normalized spacial score (nSPS) is 10.6. The van der Waals surface area contributed by atoms with Gasteiger partial charge in [-0.1, -0.05) is 53.2 Å². The van der Waals surface area contributed by atoms with Crippen molar-refractivity contribution in [3.63, 3.8) is 0 Å². The molecule has 0 unspecified atom stereocenters. The van der Waals surface area contributed by atoms with Gasteiger partial charge in [0.2, 0.25) is 5.82 Å². The third-order valence-corrected chi connectivity index (χ3v) is 4.52. The lowest BCUT2D eigenvalue weighted by Gasteiger charge is -2.07. The summed E-state index contributed by atoms with van der Waals surface area (Å²) in [5.74, 6) is 0.851. The maximum absolute atomic E-state index is 12.4. The van der Waals surface area contributed by atoms with E-state index in [2.05, 4.69) is 15.5 Å². The molecular formula is C23H19N3O2. The minimum Gasteiger partial charge on any atom is -0.334 e. The molecule has 0 saturated carbocycles. The van der Waals surface area contributed by atoms with Crippen LogP contribution >= 0.6 is 0 Å². The molecule has 1 heterocycles. The summed E-state index contributed by atoms with van der Waals surface area (Å²) >= 11 is 0. The van der Waals surface area contributed by atoms with Crippen molar-refractivity contribution in [2.45, 2.75) is 13.8 Å². The number of anilines is 1. The lowest BCUT2D eigenvalue weighted by Crippen LogP contribution is -2.13. The third kappa shape index (κ3) is 3.69. The van der Waals surface area contributed by atoms with Gasteiger partial charge >= 0.3 is 0 Å². The summed E-state index contributed by atoms with van der Waals surface area (Å²) in [6, 6.07) is 22.8. The maximum atomic E-state index is 12.4. The predicted octanol–water partition coefficient (Wildman–Crippen LogP) is 5.27. The molecule has 138 valence electrons. The van der Waals surface area contributed by atoms with Crippen molar-refractivity contribution in [1.82, 2.24) is 10.1 Å². The molecule has 0 atom stereocenters. The molecule has 1 N–H and O–H groups in total. The second-order valence-electron chi connectivity index (χ2n) is 6.64. The number of hydrogen-bond donors (Lipinski definition) is 1. The van der Waals surface area contributed by atoms with Crippen molar-refractivity contribution >= 4 is 11.6 Å². The van der Waals surface area contributed by atoms with E-state index in [1.54, 1.807) is 0 Å². The maximum Gasteiger partial charge on any atom is 0.258 e. The van der Waals surface area contributed by atoms with Crippen molar-refractivity contribution in [2.24, 2.45) is 0 Å². The van der Waals surface area contributed by atoms with E-state index in [0.717, 1.165) is 16.7 Å². The van der Waals surface area contributed by atoms with Crippen LogP contribution in [0.4, 0.5) is 5.69 Å². The van der Waals surface area contributed by atoms with Crippen molar-refractivity contribution in [1.29, 1.82) is 0 Å². The van der Waals surface area contributed by atoms with Gasteiger partial charge in [-0.3, -0.25) is 4.79 Å². The first-order chi connectivity index (χ1) is 13.6. The van der Waals surface area contributed by atoms with Gasteiger partial charge in [0, 0.05) is 22.4 Å². The molecular weight excluding hydrogens is 350 g/mol. The molecule has 1 amide bonds. The van der Waals surface area contributed by atoms with Crippen LogP contribution in [0.2, 0.25) is 0 Å². The molecule has 0 aliphatic heterocycles. The molecule has 0 bridgehead atoms. The number of carbonyl (C=O) groups is 1. The Morgan fingerprint density at radius 1 is 0.857 bits per heavy atom. The average Bonchev–Trinajstić information content (AvgIpc) is 3.19. The number of hydrogen-bond acceptors (Lipinski definition) is 4. The molecule has 4 aromatic rings. The van der Waals surface area contributed by atoms with Crippen LogP contribution in [-0.2, 0) is 0 Å². The fourth-order valence-electron chi connectivity index (χ4n) is 2.88. The first-order valence-corrected chi connectivity index (χ1v) is 8.98. The second kappa shape index (κ2) is 7.48. The third-order valence-electron chi connectivity index (χ3n) is 4.52. The number of amides is 1. The largest absolute Gasteiger partial charge is 0.334 e. The minimum absolute atomic E-state index is 0.134. The molecule has 4 rings (SSSR count). The molecule has 0 aliphatic carbocycles. The van der Waals surface area contributed by atoms with E-state index >= 15 is 0 Å². The van der Waals surface area contributed by atoms with E-state index in [1.165, 1.54) is 5.56 Å². The number of carbonyl (C=O) groups excluding carboxylic acids is 1. The molecule has 0 radical (unpaired) electrons. The Bertz CT molecular complexity index is 1110. The summed E-state index contributed by atoms with van der Waals surface area (Å²) in [5, 5.41) is 6.97. The molecule has 0 aliphatic rings. The van der Waals surface area contributed by atoms with Gasteiger partial charge in [0.15, 0.2) is 0 Å². The van der Waals surface area contributed by atoms with Crippen LogP contribution in [0.5, 0.6) is 0 Å². The van der Waals surface area contributed by atoms with Gasteiger partial charge < -0.3 is 9.84 Å². The highest BCUT2D eigenvalue weighted by atomic mass is 16.5. The molecule has 28 heavy (non-hydrogen) atoms. The van der Waals surface area contributed by atoms with Gasteiger partial charge in [-0.2, -0.15) is 4.98 Å². The Morgan fingerprint density at radius 3 is 2.25 bits per heavy atom. The highest BCUT2D eigenvalue weighted by molar-refractivity contribution is 6.05. The Hall–Kier alpha value is -3.73. The standard InChI is InChI=1S/C23H19N3O2/c1-15-7-9-17(10-8-15)21-25-23(28-26-21)18-11-13-19(14-12-18)24-22(27)20-6-4-3-5-16(20)2/h3-14H,1-2H3,(H,24,27). The Labute approximate surface area is 163 Å². The molecule has 0 fully saturated rings. The van der Waals surface area contributed by atoms with Crippen molar-refractivity contribution < 1.29 is 9.32 Å². The number of benzene rings is 3. The lowest BCUT2D eigenvalue weighted by molar-refractivity contribution is 0.102. The number of rotatable bonds is 4. The van der Waals surface area contributed by atoms with Gasteiger partial charge in [-0.25, -0.2) is 0 Å². The van der Waals surface area contributed by atoms with Crippen LogP contribution in [-0.4, -0.2) is 16.0 Å². The van der Waals surface area contributed by atoms with Gasteiger partial charge in [-0.05, 0) is 49.7 Å². The van der Waals surface area contributed by atoms with Crippen LogP contribution < -0.4 is 5.32 Å². The van der Waals surface area contributed by atoms with Crippen molar-refractivity contribution in [3.8, 4) is 22.8 Å². The highest BCUT2D eigenvalue weighted by Gasteiger charge is 2.12. The summed E-state index contributed by atoms with van der Waals surface area (Å²) in [4.78, 5) is 16.9. The smallest absolute Gasteiger partial charge is 0.258 e. The number of aromatic nitrogens is 2. The van der Waals surface area contributed by atoms with Gasteiger partial charge in [-0.15, -0.1) is 0 Å². The van der Waals surface area contributed by atoms with Crippen LogP contribution in [0.3, 0.4) is 0 Å². The topological polar surface area (TPSA) is 68.0 Å². The molecule has 0 spiro atoms. The number of nitrogens with one attached hydrogen (secondary N) is 1. The van der Waals surface area contributed by atoms with Crippen molar-refractivity contribution in [3.05, 3.63) is 89.5 Å². The summed E-state index contributed by atoms with van der Waals surface area (Å²) < 4.78 is 5.39. The van der Waals surface area contributed by atoms with E-state index in [1.807, 2.05) is 86.6 Å². The lowest BCUT2D eigenvalue weighted by atomic mass is 10.1. The summed E-state index contributed by atoms with van der Waals surface area (Å²) in [7, 11) is 0. The summed E-state index contributed by atoms with van der Waals surface area (Å²) in [6.45, 7) is 3.95. The Balaban J connectivity index is 1.50. The zero-order chi connectivity index (χ0) is 19.5. The van der Waals surface area contributed by atoms with Crippen LogP contribution in [0, 0.1) is 13.8 Å². The number of aryl methyl sites for hydroxylation is 2. The SMILES string of the molecule is Cc1ccc(-c2noc(-c3ccc(NC(=O)c4ccccc4C)cc3)n2)cc1. The zero-order valence-electron chi connectivity index (χ0n) is 15.6. The molecule has 1 aromatic heterocycles. The fraction of sp³-hybridized carbons (Fsp3) is 0.0870. The van der Waals surface area contributed by atoms with Crippen molar-refractivity contribution in [2.75, 3.05) is 5.32 Å². The van der Waals surface area contributed by atoms with Crippen LogP contribution in [0.15, 0.2) is 77.3 Å². The molecule has 5 heteroatoms. The van der Waals surface area contributed by atoms with E-state index in [-0.39, 0.29) is 5.91 Å². The second-order valence-corrected chi connectivity index (χ2v) is 6.64. The van der Waals surface area contributed by atoms with E-state index in [4.69, 9.17) is 4.52 Å². The van der Waals surface area contributed by atoms with Gasteiger partial charge in [0.25, 0.3) is 11.8 Å². The summed E-state index contributed by atoms with van der Waals surface area (Å²) in [6.07, 6.45) is 0. The zero-order valence-corrected chi connectivity index (χ0v) is 15.6. The molecule has 5 nitrogen and oxygen atoms in total. The quantitative estimate of drug-likeness (QED) is 0.532. The van der Waals surface area contributed by atoms with Gasteiger partial charge in [0.1, 0.15) is 0 Å². The summed E-state index contributed by atoms with van der Waals surface area (Å²) in [5.41, 5.74) is 5.17. The average molecular weight is 369 g/mol. The van der Waals surface area contributed by atoms with Gasteiger partial charge in [0.05, 0.1) is 0 Å². The van der Waals surface area contributed by atoms with Crippen LogP contribution in [0.25, 0.3) is 22.8 Å². The van der Waals surface area contributed by atoms with E-state index < -0.39 is 0 Å². The molecule has 3 aromatic carbocycles. The molecule has 0 saturated heterocycles. The predicted molar refractivity (Wildman–Crippen MR) is 109 cm³/mol.